The first-order chi connectivity index (χ1) is 16.1. The molecular weight excluding hydrogens is 412 g/mol. The van der Waals surface area contributed by atoms with Crippen LogP contribution in [-0.4, -0.2) is 28.8 Å². The highest BCUT2D eigenvalue weighted by atomic mass is 16.3. The number of nitrogens with one attached hydrogen (secondary N) is 1. The van der Waals surface area contributed by atoms with Crippen molar-refractivity contribution in [3.8, 4) is 23.5 Å². The molecule has 3 aromatic rings. The lowest BCUT2D eigenvalue weighted by atomic mass is 9.84. The molecule has 1 saturated heterocycles. The number of amides is 2. The second-order valence-corrected chi connectivity index (χ2v) is 8.60. The van der Waals surface area contributed by atoms with E-state index in [2.05, 4.69) is 47.6 Å². The molecule has 0 saturated carbocycles. The van der Waals surface area contributed by atoms with E-state index in [1.165, 1.54) is 5.56 Å². The predicted octanol–water partition coefficient (Wildman–Crippen LogP) is 4.58. The van der Waals surface area contributed by atoms with Crippen molar-refractivity contribution in [3.05, 3.63) is 84.3 Å². The molecule has 2 amide bonds. The summed E-state index contributed by atoms with van der Waals surface area (Å²) in [5, 5.41) is 3.17. The highest BCUT2D eigenvalue weighted by Crippen LogP contribution is 2.31. The average molecular weight is 441 g/mol. The van der Waals surface area contributed by atoms with Gasteiger partial charge in [0.2, 0.25) is 11.8 Å². The molecule has 168 valence electrons. The predicted molar refractivity (Wildman–Crippen MR) is 128 cm³/mol. The van der Waals surface area contributed by atoms with Crippen molar-refractivity contribution in [2.24, 2.45) is 0 Å². The maximum Gasteiger partial charge on any atom is 0.223 e. The van der Waals surface area contributed by atoms with E-state index in [0.29, 0.717) is 44.4 Å². The van der Waals surface area contributed by atoms with Crippen LogP contribution in [0.3, 0.4) is 0 Å². The minimum absolute atomic E-state index is 0.0377. The summed E-state index contributed by atoms with van der Waals surface area (Å²) in [6.45, 7) is 0.566. The van der Waals surface area contributed by atoms with Crippen LogP contribution in [0.2, 0.25) is 0 Å². The third-order valence-corrected chi connectivity index (χ3v) is 6.22. The summed E-state index contributed by atoms with van der Waals surface area (Å²) in [6, 6.07) is 22.3. The second kappa shape index (κ2) is 10.2. The van der Waals surface area contributed by atoms with Crippen LogP contribution in [0.15, 0.2) is 77.4 Å². The van der Waals surface area contributed by atoms with Gasteiger partial charge in [0.25, 0.3) is 0 Å². The largest absolute Gasteiger partial charge is 0.467 e. The molecule has 5 heteroatoms. The van der Waals surface area contributed by atoms with Gasteiger partial charge < -0.3 is 14.6 Å². The van der Waals surface area contributed by atoms with Crippen molar-refractivity contribution in [2.45, 2.75) is 44.2 Å². The highest BCUT2D eigenvalue weighted by Gasteiger charge is 2.38. The van der Waals surface area contributed by atoms with Gasteiger partial charge in [-0.15, -0.1) is 6.42 Å². The maximum absolute atomic E-state index is 13.0. The van der Waals surface area contributed by atoms with Crippen molar-refractivity contribution >= 4 is 11.8 Å². The first-order valence-corrected chi connectivity index (χ1v) is 11.3. The van der Waals surface area contributed by atoms with Gasteiger partial charge in [-0.25, -0.2) is 0 Å². The molecule has 1 fully saturated rings. The van der Waals surface area contributed by atoms with E-state index in [-0.39, 0.29) is 18.4 Å². The molecule has 1 aliphatic rings. The molecule has 5 nitrogen and oxygen atoms in total. The van der Waals surface area contributed by atoms with Gasteiger partial charge in [-0.2, -0.15) is 0 Å². The van der Waals surface area contributed by atoms with Gasteiger partial charge in [0.1, 0.15) is 5.76 Å². The van der Waals surface area contributed by atoms with Crippen LogP contribution >= 0.6 is 0 Å². The van der Waals surface area contributed by atoms with Crippen LogP contribution in [0.25, 0.3) is 11.1 Å². The summed E-state index contributed by atoms with van der Waals surface area (Å²) >= 11 is 0. The molecule has 1 N–H and O–H groups in total. The normalized spacial score (nSPS) is 17.4. The third kappa shape index (κ3) is 5.72. The Labute approximate surface area is 194 Å². The van der Waals surface area contributed by atoms with Gasteiger partial charge in [0, 0.05) is 18.4 Å². The number of rotatable bonds is 9. The molecule has 0 aliphatic carbocycles. The maximum atomic E-state index is 13.0. The number of benzene rings is 2. The minimum atomic E-state index is -0.423. The molecule has 1 unspecified atom stereocenters. The summed E-state index contributed by atoms with van der Waals surface area (Å²) in [6.07, 6.45) is 9.83. The van der Waals surface area contributed by atoms with Crippen LogP contribution in [0.5, 0.6) is 0 Å². The van der Waals surface area contributed by atoms with Crippen molar-refractivity contribution in [2.75, 3.05) is 6.54 Å². The van der Waals surface area contributed by atoms with E-state index in [1.54, 1.807) is 17.2 Å². The number of terminal acetylenes is 1. The molecule has 4 rings (SSSR count). The summed E-state index contributed by atoms with van der Waals surface area (Å²) in [5.74, 6) is 3.26. The Morgan fingerprint density at radius 1 is 1.06 bits per heavy atom. The average Bonchev–Trinajstić information content (AvgIpc) is 3.48. The van der Waals surface area contributed by atoms with Crippen LogP contribution in [0.4, 0.5) is 0 Å². The number of carbonyl (C=O) groups is 2. The van der Waals surface area contributed by atoms with Crippen LogP contribution in [-0.2, 0) is 22.6 Å². The Bertz CT molecular complexity index is 1110. The van der Waals surface area contributed by atoms with Crippen LogP contribution in [0.1, 0.15) is 37.0 Å². The molecule has 1 atom stereocenters. The van der Waals surface area contributed by atoms with E-state index in [4.69, 9.17) is 10.8 Å². The lowest BCUT2D eigenvalue weighted by Crippen LogP contribution is -2.45. The van der Waals surface area contributed by atoms with Crippen molar-refractivity contribution in [1.82, 2.24) is 10.2 Å². The minimum Gasteiger partial charge on any atom is -0.467 e. The number of hydrogen-bond donors (Lipinski definition) is 1. The molecule has 1 aliphatic heterocycles. The fraction of sp³-hybridized carbons (Fsp3) is 0.286. The molecule has 2 heterocycles. The second-order valence-electron chi connectivity index (χ2n) is 8.60. The number of nitrogens with zero attached hydrogens (tertiary/aromatic N) is 1. The Morgan fingerprint density at radius 3 is 2.45 bits per heavy atom. The van der Waals surface area contributed by atoms with Crippen LogP contribution in [0, 0.1) is 12.3 Å². The fourth-order valence-corrected chi connectivity index (χ4v) is 4.46. The zero-order valence-corrected chi connectivity index (χ0v) is 18.6. The van der Waals surface area contributed by atoms with Crippen molar-refractivity contribution in [1.29, 1.82) is 0 Å². The van der Waals surface area contributed by atoms with E-state index in [1.807, 2.05) is 24.3 Å². The Balaban J connectivity index is 1.43. The number of hydrogen-bond acceptors (Lipinski definition) is 3. The van der Waals surface area contributed by atoms with Gasteiger partial charge in [-0.05, 0) is 48.1 Å². The molecule has 1 aromatic heterocycles. The van der Waals surface area contributed by atoms with E-state index >= 15 is 0 Å². The van der Waals surface area contributed by atoms with Crippen molar-refractivity contribution in [3.63, 3.8) is 0 Å². The summed E-state index contributed by atoms with van der Waals surface area (Å²) < 4.78 is 5.37. The van der Waals surface area contributed by atoms with Gasteiger partial charge >= 0.3 is 0 Å². The molecule has 0 bridgehead atoms. The van der Waals surface area contributed by atoms with Crippen molar-refractivity contribution < 1.29 is 14.0 Å². The van der Waals surface area contributed by atoms with E-state index in [0.717, 1.165) is 11.1 Å². The van der Waals surface area contributed by atoms with Gasteiger partial charge in [-0.1, -0.05) is 60.5 Å². The molecule has 0 spiro atoms. The van der Waals surface area contributed by atoms with E-state index < -0.39 is 5.54 Å². The SMILES string of the molecule is C#CCN(Cc1ccco1)C(=O)CCC1(Cc2ccc(-c3ccccc3)cc2)CCC(=O)N1. The Morgan fingerprint density at radius 2 is 1.82 bits per heavy atom. The summed E-state index contributed by atoms with van der Waals surface area (Å²) in [5.41, 5.74) is 3.04. The standard InChI is InChI=1S/C28H28N2O3/c1-2-18-30(21-25-9-6-19-33-25)27(32)15-17-28(16-14-26(31)29-28)20-22-10-12-24(13-11-22)23-7-4-3-5-8-23/h1,3-13,19H,14-18,20-21H2,(H,29,31). The Kier molecular flexibility index (Phi) is 6.95. The molecular formula is C28H28N2O3. The quantitative estimate of drug-likeness (QED) is 0.496. The van der Waals surface area contributed by atoms with Crippen LogP contribution < -0.4 is 5.32 Å². The third-order valence-electron chi connectivity index (χ3n) is 6.22. The first-order valence-electron chi connectivity index (χ1n) is 11.3. The van der Waals surface area contributed by atoms with Gasteiger partial charge in [0.05, 0.1) is 19.4 Å². The number of carbonyl (C=O) groups excluding carboxylic acids is 2. The fourth-order valence-electron chi connectivity index (χ4n) is 4.46. The number of furan rings is 1. The topological polar surface area (TPSA) is 62.6 Å². The summed E-state index contributed by atoms with van der Waals surface area (Å²) in [7, 11) is 0. The first kappa shape index (κ1) is 22.4. The Hall–Kier alpha value is -3.78. The molecule has 0 radical (unpaired) electrons. The smallest absolute Gasteiger partial charge is 0.223 e. The lowest BCUT2D eigenvalue weighted by Gasteiger charge is -2.30. The van der Waals surface area contributed by atoms with Gasteiger partial charge in [-0.3, -0.25) is 9.59 Å². The molecule has 2 aromatic carbocycles. The summed E-state index contributed by atoms with van der Waals surface area (Å²) in [4.78, 5) is 26.7. The highest BCUT2D eigenvalue weighted by molar-refractivity contribution is 5.80. The van der Waals surface area contributed by atoms with Gasteiger partial charge in [0.15, 0.2) is 0 Å². The lowest BCUT2D eigenvalue weighted by molar-refractivity contribution is -0.132. The van der Waals surface area contributed by atoms with E-state index in [9.17, 15) is 9.59 Å². The molecule has 33 heavy (non-hydrogen) atoms. The zero-order chi connectivity index (χ0) is 23.1. The zero-order valence-electron chi connectivity index (χ0n) is 18.6. The monoisotopic (exact) mass is 440 g/mol.